The minimum absolute atomic E-state index is 0.128. The standard InChI is InChI=1S/C11H16BrClN2O/c1-16-5-4-15-11(7-14)8-2-3-10(13)9(12)6-8/h2-3,6,11,15H,4-5,7,14H2,1H3. The summed E-state index contributed by atoms with van der Waals surface area (Å²) in [4.78, 5) is 0. The molecular weight excluding hydrogens is 291 g/mol. The lowest BCUT2D eigenvalue weighted by Gasteiger charge is -2.17. The first kappa shape index (κ1) is 13.9. The van der Waals surface area contributed by atoms with Crippen molar-refractivity contribution in [3.05, 3.63) is 33.3 Å². The number of hydrogen-bond donors (Lipinski definition) is 2. The molecule has 90 valence electrons. The Kier molecular flexibility index (Phi) is 6.31. The zero-order valence-electron chi connectivity index (χ0n) is 9.17. The van der Waals surface area contributed by atoms with Gasteiger partial charge in [-0.25, -0.2) is 0 Å². The van der Waals surface area contributed by atoms with Crippen molar-refractivity contribution in [2.75, 3.05) is 26.8 Å². The Labute approximate surface area is 109 Å². The highest BCUT2D eigenvalue weighted by Gasteiger charge is 2.09. The minimum atomic E-state index is 0.128. The van der Waals surface area contributed by atoms with E-state index in [4.69, 9.17) is 22.1 Å². The molecule has 0 radical (unpaired) electrons. The molecule has 16 heavy (non-hydrogen) atoms. The van der Waals surface area contributed by atoms with E-state index in [9.17, 15) is 0 Å². The van der Waals surface area contributed by atoms with Gasteiger partial charge in [0.1, 0.15) is 0 Å². The van der Waals surface area contributed by atoms with E-state index >= 15 is 0 Å². The lowest BCUT2D eigenvalue weighted by Crippen LogP contribution is -2.30. The van der Waals surface area contributed by atoms with Crippen LogP contribution in [0.15, 0.2) is 22.7 Å². The van der Waals surface area contributed by atoms with E-state index in [1.54, 1.807) is 7.11 Å². The van der Waals surface area contributed by atoms with Crippen molar-refractivity contribution < 1.29 is 4.74 Å². The summed E-state index contributed by atoms with van der Waals surface area (Å²) in [6.07, 6.45) is 0. The van der Waals surface area contributed by atoms with Crippen molar-refractivity contribution in [1.29, 1.82) is 0 Å². The van der Waals surface area contributed by atoms with Crippen molar-refractivity contribution in [3.8, 4) is 0 Å². The molecule has 0 fully saturated rings. The third kappa shape index (κ3) is 4.03. The smallest absolute Gasteiger partial charge is 0.0587 e. The molecule has 0 aliphatic heterocycles. The molecule has 1 aromatic carbocycles. The molecule has 0 saturated heterocycles. The summed E-state index contributed by atoms with van der Waals surface area (Å²) in [5.74, 6) is 0. The van der Waals surface area contributed by atoms with Gasteiger partial charge in [-0.2, -0.15) is 0 Å². The second kappa shape index (κ2) is 7.25. The van der Waals surface area contributed by atoms with Crippen LogP contribution in [-0.4, -0.2) is 26.8 Å². The van der Waals surface area contributed by atoms with Crippen LogP contribution in [0.5, 0.6) is 0 Å². The third-order valence-electron chi connectivity index (χ3n) is 2.28. The molecule has 0 bridgehead atoms. The molecule has 0 aliphatic carbocycles. The van der Waals surface area contributed by atoms with Gasteiger partial charge in [0.05, 0.1) is 11.6 Å². The Balaban J connectivity index is 2.67. The fourth-order valence-corrected chi connectivity index (χ4v) is 1.92. The van der Waals surface area contributed by atoms with Crippen molar-refractivity contribution in [2.45, 2.75) is 6.04 Å². The summed E-state index contributed by atoms with van der Waals surface area (Å²) >= 11 is 9.34. The first-order valence-electron chi connectivity index (χ1n) is 5.06. The minimum Gasteiger partial charge on any atom is -0.383 e. The van der Waals surface area contributed by atoms with Crippen molar-refractivity contribution in [1.82, 2.24) is 5.32 Å². The number of ether oxygens (including phenoxy) is 1. The molecule has 1 rings (SSSR count). The van der Waals surface area contributed by atoms with Gasteiger partial charge in [0.25, 0.3) is 0 Å². The average molecular weight is 308 g/mol. The average Bonchev–Trinajstić information content (AvgIpc) is 2.29. The first-order chi connectivity index (χ1) is 7.69. The summed E-state index contributed by atoms with van der Waals surface area (Å²) < 4.78 is 5.87. The first-order valence-corrected chi connectivity index (χ1v) is 6.23. The Morgan fingerprint density at radius 2 is 2.31 bits per heavy atom. The number of halogens is 2. The number of benzene rings is 1. The SMILES string of the molecule is COCCNC(CN)c1ccc(Cl)c(Br)c1. The van der Waals surface area contributed by atoms with Gasteiger partial charge in [-0.3, -0.25) is 0 Å². The van der Waals surface area contributed by atoms with Crippen LogP contribution in [-0.2, 0) is 4.74 Å². The molecule has 3 nitrogen and oxygen atoms in total. The highest BCUT2D eigenvalue weighted by Crippen LogP contribution is 2.25. The van der Waals surface area contributed by atoms with E-state index in [1.807, 2.05) is 18.2 Å². The predicted octanol–water partition coefficient (Wildman–Crippen LogP) is 2.34. The molecule has 1 aromatic rings. The highest BCUT2D eigenvalue weighted by molar-refractivity contribution is 9.10. The number of methoxy groups -OCH3 is 1. The molecular formula is C11H16BrClN2O. The van der Waals surface area contributed by atoms with Crippen LogP contribution in [0.3, 0.4) is 0 Å². The van der Waals surface area contributed by atoms with Crippen molar-refractivity contribution in [2.24, 2.45) is 5.73 Å². The Bertz CT molecular complexity index is 336. The summed E-state index contributed by atoms with van der Waals surface area (Å²) in [5, 5.41) is 4.02. The van der Waals surface area contributed by atoms with Gasteiger partial charge in [-0.05, 0) is 33.6 Å². The monoisotopic (exact) mass is 306 g/mol. The lowest BCUT2D eigenvalue weighted by atomic mass is 10.1. The second-order valence-electron chi connectivity index (χ2n) is 3.41. The molecule has 0 spiro atoms. The van der Waals surface area contributed by atoms with Crippen LogP contribution < -0.4 is 11.1 Å². The van der Waals surface area contributed by atoms with Gasteiger partial charge in [0.2, 0.25) is 0 Å². The molecule has 0 aliphatic rings. The Hall–Kier alpha value is -0.130. The highest BCUT2D eigenvalue weighted by atomic mass is 79.9. The maximum atomic E-state index is 5.94. The third-order valence-corrected chi connectivity index (χ3v) is 3.49. The molecule has 0 saturated carbocycles. The summed E-state index contributed by atoms with van der Waals surface area (Å²) in [5.41, 5.74) is 6.84. The van der Waals surface area contributed by atoms with Gasteiger partial charge in [0, 0.05) is 30.7 Å². The molecule has 5 heteroatoms. The largest absolute Gasteiger partial charge is 0.383 e. The summed E-state index contributed by atoms with van der Waals surface area (Å²) in [6.45, 7) is 1.99. The summed E-state index contributed by atoms with van der Waals surface area (Å²) in [7, 11) is 1.68. The van der Waals surface area contributed by atoms with Crippen molar-refractivity contribution in [3.63, 3.8) is 0 Å². The number of rotatable bonds is 6. The van der Waals surface area contributed by atoms with Gasteiger partial charge < -0.3 is 15.8 Å². The molecule has 0 aromatic heterocycles. The van der Waals surface area contributed by atoms with Gasteiger partial charge >= 0.3 is 0 Å². The topological polar surface area (TPSA) is 47.3 Å². The van der Waals surface area contributed by atoms with E-state index in [0.29, 0.717) is 18.2 Å². The van der Waals surface area contributed by atoms with E-state index in [-0.39, 0.29) is 6.04 Å². The van der Waals surface area contributed by atoms with E-state index in [1.165, 1.54) is 0 Å². The molecule has 0 amide bonds. The number of hydrogen-bond acceptors (Lipinski definition) is 3. The molecule has 0 heterocycles. The van der Waals surface area contributed by atoms with E-state index < -0.39 is 0 Å². The Morgan fingerprint density at radius 3 is 2.88 bits per heavy atom. The Morgan fingerprint density at radius 1 is 1.56 bits per heavy atom. The molecule has 1 atom stereocenters. The van der Waals surface area contributed by atoms with E-state index in [2.05, 4.69) is 21.2 Å². The fraction of sp³-hybridized carbons (Fsp3) is 0.455. The molecule has 3 N–H and O–H groups in total. The summed E-state index contributed by atoms with van der Waals surface area (Å²) in [6, 6.07) is 5.95. The van der Waals surface area contributed by atoms with Crippen molar-refractivity contribution >= 4 is 27.5 Å². The van der Waals surface area contributed by atoms with Gasteiger partial charge in [0.15, 0.2) is 0 Å². The van der Waals surface area contributed by atoms with E-state index in [0.717, 1.165) is 16.6 Å². The van der Waals surface area contributed by atoms with Crippen LogP contribution >= 0.6 is 27.5 Å². The van der Waals surface area contributed by atoms with Crippen LogP contribution in [0.4, 0.5) is 0 Å². The number of nitrogens with one attached hydrogen (secondary N) is 1. The van der Waals surface area contributed by atoms with Crippen LogP contribution in [0.1, 0.15) is 11.6 Å². The molecule has 1 unspecified atom stereocenters. The zero-order chi connectivity index (χ0) is 12.0. The van der Waals surface area contributed by atoms with Gasteiger partial charge in [-0.1, -0.05) is 17.7 Å². The zero-order valence-corrected chi connectivity index (χ0v) is 11.5. The normalized spacial score (nSPS) is 12.8. The number of nitrogens with two attached hydrogens (primary N) is 1. The fourth-order valence-electron chi connectivity index (χ4n) is 1.40. The van der Waals surface area contributed by atoms with Crippen LogP contribution in [0, 0.1) is 0 Å². The van der Waals surface area contributed by atoms with Crippen LogP contribution in [0.2, 0.25) is 5.02 Å². The second-order valence-corrected chi connectivity index (χ2v) is 4.67. The van der Waals surface area contributed by atoms with Crippen LogP contribution in [0.25, 0.3) is 0 Å². The quantitative estimate of drug-likeness (QED) is 0.793. The predicted molar refractivity (Wildman–Crippen MR) is 70.8 cm³/mol. The van der Waals surface area contributed by atoms with Gasteiger partial charge in [-0.15, -0.1) is 0 Å². The lowest BCUT2D eigenvalue weighted by molar-refractivity contribution is 0.196. The maximum absolute atomic E-state index is 5.94. The maximum Gasteiger partial charge on any atom is 0.0587 e.